The first-order chi connectivity index (χ1) is 24.6. The van der Waals surface area contributed by atoms with Crippen LogP contribution in [0.3, 0.4) is 0 Å². The third-order valence-electron chi connectivity index (χ3n) is 5.97. The van der Waals surface area contributed by atoms with Crippen LogP contribution in [0.1, 0.15) is 52.5 Å². The van der Waals surface area contributed by atoms with Crippen molar-refractivity contribution in [2.24, 2.45) is 0 Å². The molecule has 0 heterocycles. The number of nitrogens with one attached hydrogen (secondary N) is 4. The Morgan fingerprint density at radius 3 is 1.35 bits per heavy atom. The zero-order valence-electron chi connectivity index (χ0n) is 30.8. The Morgan fingerprint density at radius 1 is 0.615 bits per heavy atom. The van der Waals surface area contributed by atoms with E-state index in [1.807, 2.05) is 36.4 Å². The number of hydrogen-bond acceptors (Lipinski definition) is 12. The highest BCUT2D eigenvalue weighted by atomic mass is 16.5. The maximum atomic E-state index is 11.5. The number of amides is 4. The van der Waals surface area contributed by atoms with Crippen molar-refractivity contribution in [3.05, 3.63) is 78.6 Å². The predicted molar refractivity (Wildman–Crippen MR) is 191 cm³/mol. The summed E-state index contributed by atoms with van der Waals surface area (Å²) in [7, 11) is 5.00. The highest BCUT2D eigenvalue weighted by molar-refractivity contribution is 5.93. The van der Waals surface area contributed by atoms with Crippen LogP contribution in [0.5, 0.6) is 0 Å². The molecule has 16 heteroatoms. The van der Waals surface area contributed by atoms with Crippen LogP contribution in [0.2, 0.25) is 0 Å². The summed E-state index contributed by atoms with van der Waals surface area (Å²) in [5, 5.41) is 9.78. The molecule has 286 valence electrons. The number of methoxy groups -OCH3 is 4. The first-order valence-corrected chi connectivity index (χ1v) is 15.7. The largest absolute Gasteiger partial charge is 0.467 e. The van der Waals surface area contributed by atoms with Crippen LogP contribution in [0.15, 0.2) is 73.0 Å². The lowest BCUT2D eigenvalue weighted by Gasteiger charge is -2.14. The fraction of sp³-hybridized carbons (Fsp3) is 0.389. The zero-order valence-corrected chi connectivity index (χ0v) is 30.8. The van der Waals surface area contributed by atoms with Gasteiger partial charge < -0.3 is 40.2 Å². The standard InChI is InChI=1S/C14H22N2O6.C14H15NO3.C8H13NO3/c1-9(17)15-11(13(19)21-3)7-5-6-8-12(14(20)22-4)16-10(2)18;1-11(16)15-13(14(17)18-2)10-6-9-12-7-4-3-5-8-12;1-4-5-7(8(11)12-3)9-6(2)10/h5-6,11-12H,7-8H2,1-4H3,(H,15,17)(H,16,18);3-10H,1-2H3,(H,15,16);4,7H,1,5H2,2-3H3,(H,9,10)/b;9-6+,13-10-;/t11-,12-;;7-/m0.0/s1. The van der Waals surface area contributed by atoms with Crippen LogP contribution in [0.4, 0.5) is 0 Å². The minimum atomic E-state index is -0.795. The number of carbonyl (C=O) groups excluding carboxylic acids is 8. The van der Waals surface area contributed by atoms with Gasteiger partial charge >= 0.3 is 23.9 Å². The fourth-order valence-electron chi connectivity index (χ4n) is 3.72. The highest BCUT2D eigenvalue weighted by Gasteiger charge is 2.20. The van der Waals surface area contributed by atoms with Crippen LogP contribution in [0.25, 0.3) is 6.08 Å². The Morgan fingerprint density at radius 2 is 1.02 bits per heavy atom. The molecular weight excluding hydrogens is 680 g/mol. The van der Waals surface area contributed by atoms with Gasteiger partial charge in [0.25, 0.3) is 0 Å². The van der Waals surface area contributed by atoms with Gasteiger partial charge in [0.1, 0.15) is 23.8 Å². The Kier molecular flexibility index (Phi) is 26.6. The molecule has 3 atom stereocenters. The molecule has 0 aliphatic carbocycles. The van der Waals surface area contributed by atoms with Crippen molar-refractivity contribution < 1.29 is 57.3 Å². The molecule has 52 heavy (non-hydrogen) atoms. The number of hydrogen-bond donors (Lipinski definition) is 4. The summed E-state index contributed by atoms with van der Waals surface area (Å²) in [6.45, 7) is 8.73. The molecular formula is C36H50N4O12. The molecule has 1 aromatic carbocycles. The van der Waals surface area contributed by atoms with E-state index in [2.05, 4.69) is 46.8 Å². The summed E-state index contributed by atoms with van der Waals surface area (Å²) in [5.41, 5.74) is 1.11. The van der Waals surface area contributed by atoms with E-state index in [-0.39, 0.29) is 42.2 Å². The van der Waals surface area contributed by atoms with Gasteiger partial charge in [-0.25, -0.2) is 19.2 Å². The van der Waals surface area contributed by atoms with Crippen LogP contribution >= 0.6 is 0 Å². The molecule has 4 amide bonds. The lowest BCUT2D eigenvalue weighted by atomic mass is 10.1. The lowest BCUT2D eigenvalue weighted by molar-refractivity contribution is -0.145. The predicted octanol–water partition coefficient (Wildman–Crippen LogP) is 1.81. The molecule has 0 fully saturated rings. The van der Waals surface area contributed by atoms with E-state index in [1.54, 1.807) is 24.3 Å². The maximum Gasteiger partial charge on any atom is 0.354 e. The minimum Gasteiger partial charge on any atom is -0.467 e. The number of allylic oxidation sites excluding steroid dienone is 2. The number of esters is 4. The number of benzene rings is 1. The third-order valence-corrected chi connectivity index (χ3v) is 5.97. The SMILES string of the molecule is C=CC[C@H](NC(C)=O)C(=O)OC.COC(=O)/C(=C/C=C/c1ccccc1)NC(C)=O.COC(=O)[C@H](CC=CC[C@H](NC(C)=O)C(=O)OC)NC(C)=O. The van der Waals surface area contributed by atoms with Crippen molar-refractivity contribution in [1.82, 2.24) is 21.3 Å². The van der Waals surface area contributed by atoms with E-state index in [0.29, 0.717) is 6.42 Å². The maximum absolute atomic E-state index is 11.5. The summed E-state index contributed by atoms with van der Waals surface area (Å²) in [5.74, 6) is -3.44. The zero-order chi connectivity index (χ0) is 40.1. The van der Waals surface area contributed by atoms with Gasteiger partial charge in [-0.1, -0.05) is 60.7 Å². The van der Waals surface area contributed by atoms with E-state index in [1.165, 1.54) is 62.2 Å². The summed E-state index contributed by atoms with van der Waals surface area (Å²) in [6, 6.07) is 7.42. The van der Waals surface area contributed by atoms with E-state index in [0.717, 1.165) is 5.56 Å². The van der Waals surface area contributed by atoms with Gasteiger partial charge in [-0.2, -0.15) is 0 Å². The summed E-state index contributed by atoms with van der Waals surface area (Å²) < 4.78 is 18.2. The Balaban J connectivity index is 0. The van der Waals surface area contributed by atoms with Crippen molar-refractivity contribution in [3.63, 3.8) is 0 Å². The highest BCUT2D eigenvalue weighted by Crippen LogP contribution is 2.04. The molecule has 0 unspecified atom stereocenters. The molecule has 0 aromatic heterocycles. The Hall–Kier alpha value is -6.06. The topological polar surface area (TPSA) is 222 Å². The normalized spacial score (nSPS) is 12.1. The minimum absolute atomic E-state index is 0.109. The van der Waals surface area contributed by atoms with Gasteiger partial charge in [0, 0.05) is 27.7 Å². The second-order valence-electron chi connectivity index (χ2n) is 10.3. The molecule has 1 aromatic rings. The molecule has 16 nitrogen and oxygen atoms in total. The lowest BCUT2D eigenvalue weighted by Crippen LogP contribution is -2.40. The molecule has 1 rings (SSSR count). The van der Waals surface area contributed by atoms with Crippen molar-refractivity contribution in [3.8, 4) is 0 Å². The Labute approximate surface area is 304 Å². The molecule has 4 N–H and O–H groups in total. The average molecular weight is 731 g/mol. The molecule has 0 bridgehead atoms. The van der Waals surface area contributed by atoms with Crippen LogP contribution < -0.4 is 21.3 Å². The van der Waals surface area contributed by atoms with Crippen LogP contribution in [0, 0.1) is 0 Å². The summed E-state index contributed by atoms with van der Waals surface area (Å²) >= 11 is 0. The monoisotopic (exact) mass is 730 g/mol. The van der Waals surface area contributed by atoms with Crippen LogP contribution in [-0.4, -0.2) is 94.1 Å². The van der Waals surface area contributed by atoms with Crippen molar-refractivity contribution in [1.29, 1.82) is 0 Å². The number of carbonyl (C=O) groups is 8. The van der Waals surface area contributed by atoms with Gasteiger partial charge in [-0.15, -0.1) is 6.58 Å². The third kappa shape index (κ3) is 24.1. The first-order valence-electron chi connectivity index (χ1n) is 15.7. The molecule has 0 saturated carbocycles. The van der Waals surface area contributed by atoms with Gasteiger partial charge in [0.2, 0.25) is 23.6 Å². The van der Waals surface area contributed by atoms with Gasteiger partial charge in [-0.05, 0) is 30.9 Å². The molecule has 0 spiro atoms. The van der Waals surface area contributed by atoms with Gasteiger partial charge in [0.15, 0.2) is 0 Å². The molecule has 0 aliphatic rings. The van der Waals surface area contributed by atoms with E-state index in [4.69, 9.17) is 0 Å². The Bertz CT molecular complexity index is 1400. The van der Waals surface area contributed by atoms with E-state index in [9.17, 15) is 38.4 Å². The second-order valence-corrected chi connectivity index (χ2v) is 10.3. The van der Waals surface area contributed by atoms with Crippen molar-refractivity contribution >= 4 is 53.6 Å². The quantitative estimate of drug-likeness (QED) is 0.0629. The summed E-state index contributed by atoms with van der Waals surface area (Å²) in [4.78, 5) is 88.8. The van der Waals surface area contributed by atoms with Gasteiger partial charge in [-0.3, -0.25) is 19.2 Å². The van der Waals surface area contributed by atoms with Crippen molar-refractivity contribution in [2.75, 3.05) is 28.4 Å². The smallest absolute Gasteiger partial charge is 0.354 e. The second kappa shape index (κ2) is 28.7. The first kappa shape index (κ1) is 48.1. The molecule has 0 aliphatic heterocycles. The number of rotatable bonds is 16. The van der Waals surface area contributed by atoms with E-state index < -0.39 is 42.0 Å². The molecule has 0 saturated heterocycles. The number of ether oxygens (including phenoxy) is 4. The molecule has 0 radical (unpaired) electrons. The van der Waals surface area contributed by atoms with E-state index >= 15 is 0 Å². The average Bonchev–Trinajstić information content (AvgIpc) is 3.10. The summed E-state index contributed by atoms with van der Waals surface area (Å²) in [6.07, 6.45) is 10.6. The van der Waals surface area contributed by atoms with Gasteiger partial charge in [0.05, 0.1) is 28.4 Å². The van der Waals surface area contributed by atoms with Crippen molar-refractivity contribution in [2.45, 2.75) is 65.1 Å². The fourth-order valence-corrected chi connectivity index (χ4v) is 3.72. The van der Waals surface area contributed by atoms with Crippen LogP contribution in [-0.2, 0) is 57.3 Å².